The third-order valence-corrected chi connectivity index (χ3v) is 6.43. The molecule has 8 heteroatoms. The van der Waals surface area contributed by atoms with E-state index in [2.05, 4.69) is 29.4 Å². The Kier molecular flexibility index (Phi) is 7.95. The van der Waals surface area contributed by atoms with Crippen molar-refractivity contribution in [1.82, 2.24) is 10.2 Å². The molecule has 1 aliphatic heterocycles. The Hall–Kier alpha value is -3.78. The predicted octanol–water partition coefficient (Wildman–Crippen LogP) is 5.04. The molecule has 3 aromatic rings. The van der Waals surface area contributed by atoms with E-state index in [0.29, 0.717) is 37.7 Å². The number of carbonyl (C=O) groups excluding carboxylic acids is 2. The Morgan fingerprint density at radius 1 is 0.889 bits per heavy atom. The summed E-state index contributed by atoms with van der Waals surface area (Å²) in [4.78, 5) is 29.0. The molecular weight excluding hydrogens is 475 g/mol. The van der Waals surface area contributed by atoms with Crippen molar-refractivity contribution in [2.75, 3.05) is 36.4 Å². The number of hydrogen-bond acceptors (Lipinski definition) is 4. The second kappa shape index (κ2) is 11.3. The summed E-state index contributed by atoms with van der Waals surface area (Å²) < 4.78 is 14.0. The molecule has 1 heterocycles. The van der Waals surface area contributed by atoms with Crippen LogP contribution in [0.2, 0.25) is 0 Å². The van der Waals surface area contributed by atoms with E-state index < -0.39 is 5.82 Å². The number of carbonyl (C=O) groups is 2. The summed E-state index contributed by atoms with van der Waals surface area (Å²) in [5.74, 6) is -0.634. The number of rotatable bonds is 5. The molecule has 0 unspecified atom stereocenters. The molecule has 2 N–H and O–H groups in total. The number of anilines is 2. The van der Waals surface area contributed by atoms with E-state index >= 15 is 0 Å². The second-order valence-corrected chi connectivity index (χ2v) is 9.40. The van der Waals surface area contributed by atoms with Crippen LogP contribution in [0, 0.1) is 5.82 Å². The topological polar surface area (TPSA) is 64.7 Å². The van der Waals surface area contributed by atoms with E-state index in [4.69, 9.17) is 12.2 Å². The van der Waals surface area contributed by atoms with E-state index in [1.807, 2.05) is 36.4 Å². The van der Waals surface area contributed by atoms with Gasteiger partial charge in [0.25, 0.3) is 11.8 Å². The molecule has 6 nitrogen and oxygen atoms in total. The minimum Gasteiger partial charge on any atom is -0.368 e. The molecule has 0 spiro atoms. The highest BCUT2D eigenvalue weighted by atomic mass is 32.1. The Morgan fingerprint density at radius 3 is 2.14 bits per heavy atom. The van der Waals surface area contributed by atoms with E-state index in [1.54, 1.807) is 29.2 Å². The first-order valence-electron chi connectivity index (χ1n) is 11.9. The maximum absolute atomic E-state index is 14.0. The number of thiocarbonyl (C=S) groups is 1. The monoisotopic (exact) mass is 504 g/mol. The second-order valence-electron chi connectivity index (χ2n) is 8.99. The largest absolute Gasteiger partial charge is 0.368 e. The summed E-state index contributed by atoms with van der Waals surface area (Å²) in [6, 6.07) is 21.3. The van der Waals surface area contributed by atoms with Crippen LogP contribution in [0.5, 0.6) is 0 Å². The van der Waals surface area contributed by atoms with E-state index in [-0.39, 0.29) is 22.5 Å². The maximum atomic E-state index is 14.0. The highest BCUT2D eigenvalue weighted by Gasteiger charge is 2.24. The summed E-state index contributed by atoms with van der Waals surface area (Å²) in [5, 5.41) is 5.97. The Balaban J connectivity index is 1.28. The fourth-order valence-corrected chi connectivity index (χ4v) is 4.30. The number of hydrogen-bond donors (Lipinski definition) is 2. The zero-order valence-electron chi connectivity index (χ0n) is 20.3. The van der Waals surface area contributed by atoms with Crippen LogP contribution in [0.15, 0.2) is 72.8 Å². The first-order valence-corrected chi connectivity index (χ1v) is 12.3. The highest BCUT2D eigenvalue weighted by Crippen LogP contribution is 2.21. The lowest BCUT2D eigenvalue weighted by Crippen LogP contribution is -2.49. The minimum atomic E-state index is -0.494. The number of amides is 2. The van der Waals surface area contributed by atoms with Crippen molar-refractivity contribution in [3.63, 3.8) is 0 Å². The SMILES string of the molecule is CC(C)c1ccc(C(=O)NC(=S)Nc2ccc(N3CCN(C(=O)c4ccccc4F)CC3)cc2)cc1. The van der Waals surface area contributed by atoms with Gasteiger partial charge in [-0.05, 0) is 72.2 Å². The summed E-state index contributed by atoms with van der Waals surface area (Å²) >= 11 is 5.31. The molecule has 1 fully saturated rings. The van der Waals surface area contributed by atoms with Crippen molar-refractivity contribution < 1.29 is 14.0 Å². The van der Waals surface area contributed by atoms with Gasteiger partial charge < -0.3 is 15.1 Å². The third kappa shape index (κ3) is 6.07. The Bertz CT molecular complexity index is 1240. The lowest BCUT2D eigenvalue weighted by molar-refractivity contribution is 0.0742. The third-order valence-electron chi connectivity index (χ3n) is 6.23. The van der Waals surface area contributed by atoms with Gasteiger partial charge >= 0.3 is 0 Å². The lowest BCUT2D eigenvalue weighted by Gasteiger charge is -2.36. The first-order chi connectivity index (χ1) is 17.3. The van der Waals surface area contributed by atoms with Gasteiger partial charge in [0.15, 0.2) is 5.11 Å². The van der Waals surface area contributed by atoms with Crippen molar-refractivity contribution in [2.24, 2.45) is 0 Å². The van der Waals surface area contributed by atoms with Crippen LogP contribution in [0.3, 0.4) is 0 Å². The summed E-state index contributed by atoms with van der Waals surface area (Å²) in [7, 11) is 0. The van der Waals surface area contributed by atoms with Gasteiger partial charge in [0, 0.05) is 43.1 Å². The smallest absolute Gasteiger partial charge is 0.257 e. The number of nitrogens with one attached hydrogen (secondary N) is 2. The average molecular weight is 505 g/mol. The van der Waals surface area contributed by atoms with Crippen LogP contribution in [0.25, 0.3) is 0 Å². The van der Waals surface area contributed by atoms with Crippen LogP contribution >= 0.6 is 12.2 Å². The number of piperazine rings is 1. The molecule has 2 amide bonds. The molecule has 0 aliphatic carbocycles. The van der Waals surface area contributed by atoms with Crippen molar-refractivity contribution >= 4 is 40.5 Å². The van der Waals surface area contributed by atoms with Crippen molar-refractivity contribution in [1.29, 1.82) is 0 Å². The lowest BCUT2D eigenvalue weighted by atomic mass is 10.0. The number of nitrogens with zero attached hydrogens (tertiary/aromatic N) is 2. The highest BCUT2D eigenvalue weighted by molar-refractivity contribution is 7.80. The predicted molar refractivity (Wildman–Crippen MR) is 145 cm³/mol. The molecule has 4 rings (SSSR count). The summed E-state index contributed by atoms with van der Waals surface area (Å²) in [6.07, 6.45) is 0. The van der Waals surface area contributed by atoms with Gasteiger partial charge in [-0.25, -0.2) is 4.39 Å². The quantitative estimate of drug-likeness (QED) is 0.477. The Labute approximate surface area is 216 Å². The van der Waals surface area contributed by atoms with Crippen LogP contribution in [0.4, 0.5) is 15.8 Å². The van der Waals surface area contributed by atoms with Gasteiger partial charge in [-0.2, -0.15) is 0 Å². The van der Waals surface area contributed by atoms with Crippen molar-refractivity contribution in [3.8, 4) is 0 Å². The van der Waals surface area contributed by atoms with Gasteiger partial charge in [0.05, 0.1) is 5.56 Å². The fraction of sp³-hybridized carbons (Fsp3) is 0.250. The molecular formula is C28H29FN4O2S. The van der Waals surface area contributed by atoms with Crippen LogP contribution in [-0.2, 0) is 0 Å². The Morgan fingerprint density at radius 2 is 1.53 bits per heavy atom. The molecule has 1 saturated heterocycles. The molecule has 186 valence electrons. The zero-order valence-corrected chi connectivity index (χ0v) is 21.1. The number of benzene rings is 3. The molecule has 0 radical (unpaired) electrons. The van der Waals surface area contributed by atoms with Crippen LogP contribution in [-0.4, -0.2) is 48.0 Å². The standard InChI is InChI=1S/C28H29FN4O2S/c1-19(2)20-7-9-21(10-8-20)26(34)31-28(36)30-22-11-13-23(14-12-22)32-15-17-33(18-16-32)27(35)24-5-3-4-6-25(24)29/h3-14,19H,15-18H2,1-2H3,(H2,30,31,34,36). The summed E-state index contributed by atoms with van der Waals surface area (Å²) in [6.45, 7) is 6.54. The van der Waals surface area contributed by atoms with Gasteiger partial charge in [0.1, 0.15) is 5.82 Å². The van der Waals surface area contributed by atoms with Crippen LogP contribution in [0.1, 0.15) is 46.0 Å². The molecule has 0 saturated carbocycles. The molecule has 36 heavy (non-hydrogen) atoms. The molecule has 1 aliphatic rings. The first kappa shape index (κ1) is 25.3. The molecule has 3 aromatic carbocycles. The van der Waals surface area contributed by atoms with Gasteiger partial charge in [-0.3, -0.25) is 14.9 Å². The van der Waals surface area contributed by atoms with E-state index in [9.17, 15) is 14.0 Å². The maximum Gasteiger partial charge on any atom is 0.257 e. The van der Waals surface area contributed by atoms with Crippen molar-refractivity contribution in [3.05, 3.63) is 95.3 Å². The van der Waals surface area contributed by atoms with E-state index in [0.717, 1.165) is 11.4 Å². The zero-order chi connectivity index (χ0) is 25.7. The van der Waals surface area contributed by atoms with Gasteiger partial charge in [0.2, 0.25) is 0 Å². The number of halogens is 1. The van der Waals surface area contributed by atoms with E-state index in [1.165, 1.54) is 17.7 Å². The molecule has 0 bridgehead atoms. The average Bonchev–Trinajstić information content (AvgIpc) is 2.89. The van der Waals surface area contributed by atoms with Gasteiger partial charge in [-0.1, -0.05) is 38.1 Å². The minimum absolute atomic E-state index is 0.108. The van der Waals surface area contributed by atoms with Gasteiger partial charge in [-0.15, -0.1) is 0 Å². The molecule has 0 atom stereocenters. The fourth-order valence-electron chi connectivity index (χ4n) is 4.09. The van der Waals surface area contributed by atoms with Crippen molar-refractivity contribution in [2.45, 2.75) is 19.8 Å². The normalized spacial score (nSPS) is 13.4. The molecule has 0 aromatic heterocycles. The van der Waals surface area contributed by atoms with Crippen LogP contribution < -0.4 is 15.5 Å². The summed E-state index contributed by atoms with van der Waals surface area (Å²) in [5.41, 5.74) is 3.60.